The molecular weight excluding hydrogens is 314 g/mol. The quantitative estimate of drug-likeness (QED) is 0.829. The molecule has 0 aromatic carbocycles. The second-order valence-corrected chi connectivity index (χ2v) is 8.55. The van der Waals surface area contributed by atoms with Crippen molar-refractivity contribution in [3.63, 3.8) is 0 Å². The molecule has 2 atom stereocenters. The van der Waals surface area contributed by atoms with Gasteiger partial charge in [-0.2, -0.15) is 0 Å². The van der Waals surface area contributed by atoms with Crippen LogP contribution in [0.1, 0.15) is 65.2 Å². The molecule has 0 spiro atoms. The lowest BCUT2D eigenvalue weighted by atomic mass is 9.94. The molecule has 0 bridgehead atoms. The molecule has 5 heteroatoms. The van der Waals surface area contributed by atoms with Gasteiger partial charge >= 0.3 is 0 Å². The summed E-state index contributed by atoms with van der Waals surface area (Å²) in [4.78, 5) is 29.4. The van der Waals surface area contributed by atoms with Gasteiger partial charge in [-0.15, -0.1) is 0 Å². The molecule has 3 aliphatic rings. The zero-order chi connectivity index (χ0) is 17.8. The van der Waals surface area contributed by atoms with Gasteiger partial charge in [-0.05, 0) is 51.6 Å². The average Bonchev–Trinajstić information content (AvgIpc) is 3.02. The molecular formula is C20H35N3O2. The van der Waals surface area contributed by atoms with Crippen molar-refractivity contribution in [2.75, 3.05) is 26.2 Å². The summed E-state index contributed by atoms with van der Waals surface area (Å²) < 4.78 is 0. The van der Waals surface area contributed by atoms with E-state index in [4.69, 9.17) is 0 Å². The second kappa shape index (κ2) is 8.52. The minimum Gasteiger partial charge on any atom is -0.354 e. The fraction of sp³-hybridized carbons (Fsp3) is 0.900. The van der Waals surface area contributed by atoms with Crippen molar-refractivity contribution in [2.45, 2.75) is 77.3 Å². The highest BCUT2D eigenvalue weighted by Crippen LogP contribution is 2.28. The van der Waals surface area contributed by atoms with Crippen molar-refractivity contribution in [2.24, 2.45) is 11.8 Å². The van der Waals surface area contributed by atoms with Gasteiger partial charge in [0.15, 0.2) is 0 Å². The molecule has 3 fully saturated rings. The summed E-state index contributed by atoms with van der Waals surface area (Å²) in [5.74, 6) is 0.935. The third-order valence-electron chi connectivity index (χ3n) is 6.56. The van der Waals surface area contributed by atoms with Crippen molar-refractivity contribution >= 4 is 11.8 Å². The third kappa shape index (κ3) is 4.75. The Labute approximate surface area is 152 Å². The maximum Gasteiger partial charge on any atom is 0.225 e. The van der Waals surface area contributed by atoms with Crippen LogP contribution >= 0.6 is 0 Å². The van der Waals surface area contributed by atoms with Gasteiger partial charge in [-0.3, -0.25) is 14.5 Å². The average molecular weight is 350 g/mol. The predicted molar refractivity (Wildman–Crippen MR) is 99.1 cm³/mol. The van der Waals surface area contributed by atoms with Crippen LogP contribution in [0.15, 0.2) is 0 Å². The molecule has 3 rings (SSSR count). The highest BCUT2D eigenvalue weighted by atomic mass is 16.2. The van der Waals surface area contributed by atoms with E-state index in [-0.39, 0.29) is 17.7 Å². The summed E-state index contributed by atoms with van der Waals surface area (Å²) >= 11 is 0. The first kappa shape index (κ1) is 18.7. The van der Waals surface area contributed by atoms with Crippen LogP contribution in [0.2, 0.25) is 0 Å². The standard InChI is InChI=1S/C20H35N3O2/c1-15-8-10-22(11-9-15)16(2)13-21-20(25)17-12-19(24)23(14-17)18-6-4-3-5-7-18/h15-18H,3-14H2,1-2H3,(H,21,25). The Morgan fingerprint density at radius 1 is 1.16 bits per heavy atom. The van der Waals surface area contributed by atoms with E-state index in [1.807, 2.05) is 4.90 Å². The Hall–Kier alpha value is -1.10. The monoisotopic (exact) mass is 349 g/mol. The van der Waals surface area contributed by atoms with E-state index in [9.17, 15) is 9.59 Å². The lowest BCUT2D eigenvalue weighted by Crippen LogP contribution is -2.46. The number of piperidine rings is 1. The van der Waals surface area contributed by atoms with Crippen LogP contribution in [0.3, 0.4) is 0 Å². The molecule has 0 aromatic heterocycles. The second-order valence-electron chi connectivity index (χ2n) is 8.55. The Morgan fingerprint density at radius 2 is 1.84 bits per heavy atom. The van der Waals surface area contributed by atoms with E-state index in [1.165, 1.54) is 32.1 Å². The highest BCUT2D eigenvalue weighted by molar-refractivity contribution is 5.89. The summed E-state index contributed by atoms with van der Waals surface area (Å²) in [7, 11) is 0. The molecule has 2 heterocycles. The van der Waals surface area contributed by atoms with Gasteiger partial charge in [-0.1, -0.05) is 26.2 Å². The molecule has 1 saturated carbocycles. The topological polar surface area (TPSA) is 52.7 Å². The van der Waals surface area contributed by atoms with Crippen LogP contribution < -0.4 is 5.32 Å². The van der Waals surface area contributed by atoms with Crippen molar-refractivity contribution in [3.8, 4) is 0 Å². The Kier molecular flexibility index (Phi) is 6.37. The zero-order valence-electron chi connectivity index (χ0n) is 16.0. The van der Waals surface area contributed by atoms with E-state index < -0.39 is 0 Å². The van der Waals surface area contributed by atoms with Crippen molar-refractivity contribution in [3.05, 3.63) is 0 Å². The molecule has 2 amide bonds. The van der Waals surface area contributed by atoms with Crippen LogP contribution in [-0.2, 0) is 9.59 Å². The number of hydrogen-bond donors (Lipinski definition) is 1. The smallest absolute Gasteiger partial charge is 0.225 e. The molecule has 0 radical (unpaired) electrons. The first-order valence-electron chi connectivity index (χ1n) is 10.4. The van der Waals surface area contributed by atoms with Crippen molar-refractivity contribution in [1.29, 1.82) is 0 Å². The molecule has 0 aromatic rings. The highest BCUT2D eigenvalue weighted by Gasteiger charge is 2.38. The first-order valence-corrected chi connectivity index (χ1v) is 10.4. The largest absolute Gasteiger partial charge is 0.354 e. The molecule has 2 unspecified atom stereocenters. The van der Waals surface area contributed by atoms with E-state index in [0.29, 0.717) is 31.6 Å². The maximum atomic E-state index is 12.5. The Balaban J connectivity index is 1.43. The van der Waals surface area contributed by atoms with Crippen LogP contribution in [0.4, 0.5) is 0 Å². The third-order valence-corrected chi connectivity index (χ3v) is 6.56. The fourth-order valence-electron chi connectivity index (χ4n) is 4.64. The normalized spacial score (nSPS) is 28.3. The summed E-state index contributed by atoms with van der Waals surface area (Å²) in [6, 6.07) is 0.760. The van der Waals surface area contributed by atoms with Gasteiger partial charge in [0.05, 0.1) is 5.92 Å². The minimum absolute atomic E-state index is 0.0730. The van der Waals surface area contributed by atoms with E-state index in [1.54, 1.807) is 0 Å². The number of likely N-dealkylation sites (tertiary alicyclic amines) is 2. The lowest BCUT2D eigenvalue weighted by molar-refractivity contribution is -0.130. The summed E-state index contributed by atoms with van der Waals surface area (Å²) in [5, 5.41) is 3.12. The van der Waals surface area contributed by atoms with Gasteiger partial charge in [-0.25, -0.2) is 0 Å². The summed E-state index contributed by atoms with van der Waals surface area (Å²) in [6.45, 7) is 8.11. The van der Waals surface area contributed by atoms with Gasteiger partial charge < -0.3 is 10.2 Å². The Morgan fingerprint density at radius 3 is 2.52 bits per heavy atom. The SMILES string of the molecule is CC1CCN(C(C)CNC(=O)C2CC(=O)N(C3CCCCC3)C2)CC1. The van der Waals surface area contributed by atoms with Gasteiger partial charge in [0.1, 0.15) is 0 Å². The molecule has 5 nitrogen and oxygen atoms in total. The molecule has 1 N–H and O–H groups in total. The number of amides is 2. The van der Waals surface area contributed by atoms with Gasteiger partial charge in [0, 0.05) is 31.6 Å². The van der Waals surface area contributed by atoms with E-state index in [2.05, 4.69) is 24.1 Å². The van der Waals surface area contributed by atoms with Crippen LogP contribution in [0, 0.1) is 11.8 Å². The van der Waals surface area contributed by atoms with E-state index in [0.717, 1.165) is 31.8 Å². The van der Waals surface area contributed by atoms with Crippen LogP contribution in [-0.4, -0.2) is 59.9 Å². The van der Waals surface area contributed by atoms with Gasteiger partial charge in [0.2, 0.25) is 11.8 Å². The number of carbonyl (C=O) groups is 2. The lowest BCUT2D eigenvalue weighted by Gasteiger charge is -2.35. The Bertz CT molecular complexity index is 468. The first-order chi connectivity index (χ1) is 12.0. The summed E-state index contributed by atoms with van der Waals surface area (Å²) in [5.41, 5.74) is 0. The molecule has 1 aliphatic carbocycles. The number of carbonyl (C=O) groups excluding carboxylic acids is 2. The molecule has 25 heavy (non-hydrogen) atoms. The van der Waals surface area contributed by atoms with Crippen LogP contribution in [0.25, 0.3) is 0 Å². The number of nitrogens with zero attached hydrogens (tertiary/aromatic N) is 2. The van der Waals surface area contributed by atoms with Crippen molar-refractivity contribution < 1.29 is 9.59 Å². The zero-order valence-corrected chi connectivity index (χ0v) is 16.0. The number of hydrogen-bond acceptors (Lipinski definition) is 3. The number of rotatable bonds is 5. The van der Waals surface area contributed by atoms with Crippen LogP contribution in [0.5, 0.6) is 0 Å². The minimum atomic E-state index is -0.150. The molecule has 142 valence electrons. The molecule has 2 saturated heterocycles. The maximum absolute atomic E-state index is 12.5. The number of nitrogens with one attached hydrogen (secondary N) is 1. The van der Waals surface area contributed by atoms with Crippen molar-refractivity contribution in [1.82, 2.24) is 15.1 Å². The van der Waals surface area contributed by atoms with E-state index >= 15 is 0 Å². The summed E-state index contributed by atoms with van der Waals surface area (Å²) in [6.07, 6.45) is 8.87. The molecule has 2 aliphatic heterocycles. The van der Waals surface area contributed by atoms with Gasteiger partial charge in [0.25, 0.3) is 0 Å². The fourth-order valence-corrected chi connectivity index (χ4v) is 4.64. The predicted octanol–water partition coefficient (Wildman–Crippen LogP) is 2.40.